The number of anilines is 1. The monoisotopic (exact) mass is 301 g/mol. The molecule has 0 fully saturated rings. The molecular formula is C16H19N3O3. The van der Waals surface area contributed by atoms with Crippen molar-refractivity contribution in [3.63, 3.8) is 0 Å². The third kappa shape index (κ3) is 3.33. The summed E-state index contributed by atoms with van der Waals surface area (Å²) in [5, 5.41) is 5.78. The number of aldehydes is 1. The van der Waals surface area contributed by atoms with Gasteiger partial charge < -0.3 is 21.2 Å². The van der Waals surface area contributed by atoms with Crippen LogP contribution in [0.2, 0.25) is 0 Å². The van der Waals surface area contributed by atoms with E-state index in [-0.39, 0.29) is 18.7 Å². The molecule has 0 bridgehead atoms. The van der Waals surface area contributed by atoms with Crippen molar-refractivity contribution in [2.75, 3.05) is 11.9 Å². The van der Waals surface area contributed by atoms with Crippen molar-refractivity contribution in [3.8, 4) is 0 Å². The lowest BCUT2D eigenvalue weighted by molar-refractivity contribution is -0.120. The van der Waals surface area contributed by atoms with Crippen molar-refractivity contribution in [1.82, 2.24) is 5.32 Å². The lowest BCUT2D eigenvalue weighted by Gasteiger charge is -2.20. The summed E-state index contributed by atoms with van der Waals surface area (Å²) in [5.41, 5.74) is 8.50. The Hall–Kier alpha value is -2.63. The lowest BCUT2D eigenvalue weighted by Crippen LogP contribution is -2.44. The molecule has 0 aromatic heterocycles. The van der Waals surface area contributed by atoms with Crippen molar-refractivity contribution < 1.29 is 14.4 Å². The molecule has 2 amide bonds. The molecular weight excluding hydrogens is 282 g/mol. The molecule has 1 aromatic carbocycles. The van der Waals surface area contributed by atoms with Crippen LogP contribution >= 0.6 is 0 Å². The van der Waals surface area contributed by atoms with Gasteiger partial charge in [-0.05, 0) is 25.0 Å². The van der Waals surface area contributed by atoms with Crippen molar-refractivity contribution in [1.29, 1.82) is 0 Å². The zero-order chi connectivity index (χ0) is 16.1. The number of amides is 2. The van der Waals surface area contributed by atoms with Crippen LogP contribution in [0.5, 0.6) is 0 Å². The average molecular weight is 301 g/mol. The summed E-state index contributed by atoms with van der Waals surface area (Å²) in [6, 6.07) is 2.72. The maximum atomic E-state index is 12.4. The third-order valence-electron chi connectivity index (χ3n) is 3.61. The summed E-state index contributed by atoms with van der Waals surface area (Å²) in [5.74, 6) is -1.03. The first-order valence-electron chi connectivity index (χ1n) is 7.12. The fraction of sp³-hybridized carbons (Fsp3) is 0.312. The van der Waals surface area contributed by atoms with E-state index in [1.54, 1.807) is 6.07 Å². The van der Waals surface area contributed by atoms with Gasteiger partial charge >= 0.3 is 0 Å². The molecule has 0 spiro atoms. The van der Waals surface area contributed by atoms with Gasteiger partial charge in [-0.25, -0.2) is 0 Å². The molecule has 1 aliphatic heterocycles. The molecule has 1 heterocycles. The van der Waals surface area contributed by atoms with Gasteiger partial charge in [-0.1, -0.05) is 18.2 Å². The second-order valence-corrected chi connectivity index (χ2v) is 5.17. The van der Waals surface area contributed by atoms with E-state index in [1.807, 2.05) is 25.1 Å². The van der Waals surface area contributed by atoms with Crippen LogP contribution in [0.1, 0.15) is 34.3 Å². The fourth-order valence-electron chi connectivity index (χ4n) is 2.41. The van der Waals surface area contributed by atoms with Crippen LogP contribution in [-0.4, -0.2) is 30.7 Å². The van der Waals surface area contributed by atoms with E-state index in [2.05, 4.69) is 10.6 Å². The number of benzene rings is 1. The normalized spacial score (nSPS) is 13.7. The number of hydrogen-bond donors (Lipinski definition) is 3. The van der Waals surface area contributed by atoms with Crippen molar-refractivity contribution in [2.24, 2.45) is 5.73 Å². The summed E-state index contributed by atoms with van der Waals surface area (Å²) in [6.07, 6.45) is 5.01. The number of carbonyl (C=O) groups excluding carboxylic acids is 3. The van der Waals surface area contributed by atoms with Crippen LogP contribution < -0.4 is 16.4 Å². The minimum Gasteiger partial charge on any atom is -0.380 e. The molecule has 0 radical (unpaired) electrons. The van der Waals surface area contributed by atoms with Gasteiger partial charge in [-0.15, -0.1) is 0 Å². The Morgan fingerprint density at radius 1 is 1.45 bits per heavy atom. The Balaban J connectivity index is 2.24. The predicted octanol–water partition coefficient (Wildman–Crippen LogP) is 0.997. The summed E-state index contributed by atoms with van der Waals surface area (Å²) < 4.78 is 0. The van der Waals surface area contributed by atoms with E-state index in [4.69, 9.17) is 5.73 Å². The molecule has 0 saturated carbocycles. The molecule has 1 aromatic rings. The number of rotatable bonds is 6. The van der Waals surface area contributed by atoms with E-state index < -0.39 is 11.9 Å². The Bertz CT molecular complexity index is 638. The quantitative estimate of drug-likeness (QED) is 0.682. The topological polar surface area (TPSA) is 101 Å². The third-order valence-corrected chi connectivity index (χ3v) is 3.61. The maximum absolute atomic E-state index is 12.4. The molecule has 0 saturated heterocycles. The number of primary amides is 1. The SMILES string of the molecule is Cc1ccc(C(=O)NC(CCC=O)C(N)=O)c2c1C=CCN2. The second-order valence-electron chi connectivity index (χ2n) is 5.17. The summed E-state index contributed by atoms with van der Waals surface area (Å²) >= 11 is 0. The molecule has 2 rings (SSSR count). The van der Waals surface area contributed by atoms with Crippen LogP contribution in [0.3, 0.4) is 0 Å². The molecule has 1 aliphatic rings. The van der Waals surface area contributed by atoms with Crippen molar-refractivity contribution in [3.05, 3.63) is 34.9 Å². The lowest BCUT2D eigenvalue weighted by atomic mass is 9.98. The number of nitrogens with one attached hydrogen (secondary N) is 2. The Kier molecular flexibility index (Phi) is 4.93. The van der Waals surface area contributed by atoms with Crippen molar-refractivity contribution >= 4 is 29.9 Å². The molecule has 22 heavy (non-hydrogen) atoms. The van der Waals surface area contributed by atoms with Gasteiger partial charge in [0, 0.05) is 18.5 Å². The van der Waals surface area contributed by atoms with E-state index in [9.17, 15) is 14.4 Å². The number of carbonyl (C=O) groups is 3. The summed E-state index contributed by atoms with van der Waals surface area (Å²) in [7, 11) is 0. The van der Waals surface area contributed by atoms with Crippen LogP contribution in [0.25, 0.3) is 6.08 Å². The van der Waals surface area contributed by atoms with Gasteiger partial charge in [-0.3, -0.25) is 9.59 Å². The van der Waals surface area contributed by atoms with Crippen LogP contribution in [-0.2, 0) is 9.59 Å². The standard InChI is InChI=1S/C16H19N3O3/c1-10-6-7-12(14-11(10)4-2-8-18-14)16(22)19-13(15(17)21)5-3-9-20/h2,4,6-7,9,13,18H,3,5,8H2,1H3,(H2,17,21)(H,19,22). The highest BCUT2D eigenvalue weighted by Gasteiger charge is 2.22. The summed E-state index contributed by atoms with van der Waals surface area (Å²) in [6.45, 7) is 2.61. The van der Waals surface area contributed by atoms with Gasteiger partial charge in [0.25, 0.3) is 5.91 Å². The number of hydrogen-bond acceptors (Lipinski definition) is 4. The van der Waals surface area contributed by atoms with Gasteiger partial charge in [0.15, 0.2) is 0 Å². The average Bonchev–Trinajstić information content (AvgIpc) is 2.51. The minimum atomic E-state index is -0.853. The van der Waals surface area contributed by atoms with E-state index in [0.29, 0.717) is 18.4 Å². The summed E-state index contributed by atoms with van der Waals surface area (Å²) in [4.78, 5) is 34.2. The number of aryl methyl sites for hydroxylation is 1. The van der Waals surface area contributed by atoms with Crippen LogP contribution in [0.4, 0.5) is 5.69 Å². The van der Waals surface area contributed by atoms with E-state index >= 15 is 0 Å². The molecule has 6 heteroatoms. The van der Waals surface area contributed by atoms with Gasteiger partial charge in [0.2, 0.25) is 5.91 Å². The van der Waals surface area contributed by atoms with Crippen LogP contribution in [0, 0.1) is 6.92 Å². The molecule has 1 atom stereocenters. The highest BCUT2D eigenvalue weighted by atomic mass is 16.2. The Labute approximate surface area is 128 Å². The zero-order valence-electron chi connectivity index (χ0n) is 12.4. The Morgan fingerprint density at radius 3 is 2.91 bits per heavy atom. The van der Waals surface area contributed by atoms with E-state index in [0.717, 1.165) is 16.8 Å². The second kappa shape index (κ2) is 6.89. The van der Waals surface area contributed by atoms with Crippen LogP contribution in [0.15, 0.2) is 18.2 Å². The molecule has 1 unspecified atom stereocenters. The minimum absolute atomic E-state index is 0.168. The molecule has 6 nitrogen and oxygen atoms in total. The zero-order valence-corrected chi connectivity index (χ0v) is 12.4. The predicted molar refractivity (Wildman–Crippen MR) is 84.4 cm³/mol. The first-order chi connectivity index (χ1) is 10.5. The first-order valence-corrected chi connectivity index (χ1v) is 7.12. The highest BCUT2D eigenvalue weighted by molar-refractivity contribution is 6.03. The maximum Gasteiger partial charge on any atom is 0.254 e. The number of fused-ring (bicyclic) bond motifs is 1. The molecule has 116 valence electrons. The van der Waals surface area contributed by atoms with Gasteiger partial charge in [0.05, 0.1) is 11.3 Å². The molecule has 4 N–H and O–H groups in total. The number of nitrogens with two attached hydrogens (primary N) is 1. The van der Waals surface area contributed by atoms with Gasteiger partial charge in [-0.2, -0.15) is 0 Å². The van der Waals surface area contributed by atoms with Gasteiger partial charge in [0.1, 0.15) is 12.3 Å². The van der Waals surface area contributed by atoms with E-state index in [1.165, 1.54) is 0 Å². The smallest absolute Gasteiger partial charge is 0.254 e. The fourth-order valence-corrected chi connectivity index (χ4v) is 2.41. The largest absolute Gasteiger partial charge is 0.380 e. The van der Waals surface area contributed by atoms with Crippen molar-refractivity contribution in [2.45, 2.75) is 25.8 Å². The Morgan fingerprint density at radius 2 is 2.23 bits per heavy atom. The highest BCUT2D eigenvalue weighted by Crippen LogP contribution is 2.28. The molecule has 0 aliphatic carbocycles. The first kappa shape index (κ1) is 15.8.